The SMILES string of the molecule is C=CC(=O)Oc1cc[c]([Bi]([c]2ccc(OC(=O)C=C)cc2)[c]2cc[c]([Bi]([c]3ccc(OC(=O)C=C)cc3)[c]3ccc(OC(=O)C=C)cc3)cc2)cc1. The molecule has 52 heavy (non-hydrogen) atoms. The van der Waals surface area contributed by atoms with Crippen molar-refractivity contribution in [3.63, 3.8) is 0 Å². The molecule has 5 aromatic rings. The van der Waals surface area contributed by atoms with E-state index in [4.69, 9.17) is 18.9 Å². The fourth-order valence-electron chi connectivity index (χ4n) is 4.93. The van der Waals surface area contributed by atoms with Gasteiger partial charge in [-0.2, -0.15) is 0 Å². The summed E-state index contributed by atoms with van der Waals surface area (Å²) in [6.45, 7) is 13.9. The molecule has 0 saturated carbocycles. The Morgan fingerprint density at radius 3 is 0.635 bits per heavy atom. The molecule has 0 aliphatic carbocycles. The molecule has 0 atom stereocenters. The third-order valence-corrected chi connectivity index (χ3v) is 26.3. The summed E-state index contributed by atoms with van der Waals surface area (Å²) >= 11 is -5.93. The van der Waals surface area contributed by atoms with Gasteiger partial charge in [-0.05, 0) is 0 Å². The Morgan fingerprint density at radius 2 is 0.481 bits per heavy atom. The molecule has 5 rings (SSSR count). The second kappa shape index (κ2) is 18.3. The molecular weight excluding hydrogens is 1050 g/mol. The van der Waals surface area contributed by atoms with Gasteiger partial charge in [0, 0.05) is 0 Å². The van der Waals surface area contributed by atoms with Crippen molar-refractivity contribution in [2.75, 3.05) is 0 Å². The summed E-state index contributed by atoms with van der Waals surface area (Å²) < 4.78 is 28.3. The summed E-state index contributed by atoms with van der Waals surface area (Å²) in [6, 6.07) is 39.0. The zero-order chi connectivity index (χ0) is 37.0. The third kappa shape index (κ3) is 9.94. The van der Waals surface area contributed by atoms with Crippen molar-refractivity contribution in [1.82, 2.24) is 0 Å². The summed E-state index contributed by atoms with van der Waals surface area (Å²) in [5.74, 6) is -0.445. The predicted molar refractivity (Wildman–Crippen MR) is 205 cm³/mol. The summed E-state index contributed by atoms with van der Waals surface area (Å²) in [7, 11) is 0. The minimum atomic E-state index is -2.97. The summed E-state index contributed by atoms with van der Waals surface area (Å²) in [6.07, 6.45) is 4.48. The number of hydrogen-bond donors (Lipinski definition) is 0. The monoisotopic (exact) mass is 1080 g/mol. The first-order chi connectivity index (χ1) is 25.2. The van der Waals surface area contributed by atoms with Crippen molar-refractivity contribution in [3.05, 3.63) is 172 Å². The average molecular weight is 1080 g/mol. The summed E-state index contributed by atoms with van der Waals surface area (Å²) in [4.78, 5) is 47.2. The van der Waals surface area contributed by atoms with E-state index < -0.39 is 67.4 Å². The molecule has 0 aliphatic heterocycles. The van der Waals surface area contributed by atoms with E-state index in [1.54, 1.807) is 48.5 Å². The van der Waals surface area contributed by atoms with E-state index in [1.165, 1.54) is 6.54 Å². The van der Waals surface area contributed by atoms with Crippen LogP contribution in [-0.2, 0) is 19.2 Å². The van der Waals surface area contributed by atoms with Crippen molar-refractivity contribution in [2.24, 2.45) is 0 Å². The van der Waals surface area contributed by atoms with Crippen LogP contribution in [0.2, 0.25) is 0 Å². The summed E-state index contributed by atoms with van der Waals surface area (Å²) in [5.41, 5.74) is 0. The molecule has 258 valence electrons. The summed E-state index contributed by atoms with van der Waals surface area (Å²) in [5, 5.41) is 0. The maximum atomic E-state index is 11.8. The molecule has 0 heterocycles. The van der Waals surface area contributed by atoms with E-state index in [0.717, 1.165) is 37.4 Å². The van der Waals surface area contributed by atoms with Crippen molar-refractivity contribution < 1.29 is 38.1 Å². The minimum absolute atomic E-state index is 0.423. The molecule has 0 aliphatic rings. The molecule has 8 nitrogen and oxygen atoms in total. The van der Waals surface area contributed by atoms with Crippen LogP contribution in [0.5, 0.6) is 23.0 Å². The average Bonchev–Trinajstić information content (AvgIpc) is 3.18. The van der Waals surface area contributed by atoms with E-state index in [-0.39, 0.29) is 0 Å². The Morgan fingerprint density at radius 1 is 0.327 bits per heavy atom. The Hall–Kier alpha value is -5.29. The molecule has 0 aromatic heterocycles. The van der Waals surface area contributed by atoms with Crippen molar-refractivity contribution in [2.45, 2.75) is 0 Å². The van der Waals surface area contributed by atoms with Crippen LogP contribution >= 0.6 is 0 Å². The van der Waals surface area contributed by atoms with Gasteiger partial charge in [-0.3, -0.25) is 0 Å². The molecule has 0 radical (unpaired) electrons. The van der Waals surface area contributed by atoms with Crippen molar-refractivity contribution >= 4 is 87.0 Å². The van der Waals surface area contributed by atoms with Gasteiger partial charge in [-0.25, -0.2) is 0 Å². The van der Waals surface area contributed by atoms with Crippen LogP contribution < -0.4 is 38.6 Å². The quantitative estimate of drug-likeness (QED) is 0.0725. The van der Waals surface area contributed by atoms with Gasteiger partial charge in [0.15, 0.2) is 0 Å². The molecule has 0 amide bonds. The molecule has 0 unspecified atom stereocenters. The molecule has 0 N–H and O–H groups in total. The van der Waals surface area contributed by atoms with Gasteiger partial charge in [0.2, 0.25) is 0 Å². The number of ether oxygens (including phenoxy) is 4. The van der Waals surface area contributed by atoms with Crippen LogP contribution in [0.3, 0.4) is 0 Å². The standard InChI is InChI=1S/4C9H7O2.C6H4.2Bi/c4*1-2-9(10)11-8-6-4-3-5-7-8;1-2-4-6-5-3-1;;/h4*2,4-7H,1H2;1-2,5-6H;;. The number of benzene rings is 5. The Bertz CT molecular complexity index is 1820. The number of esters is 4. The second-order valence-electron chi connectivity index (χ2n) is 10.7. The van der Waals surface area contributed by atoms with Crippen LogP contribution in [-0.4, -0.2) is 67.4 Å². The zero-order valence-electron chi connectivity index (χ0n) is 27.8. The normalized spacial score (nSPS) is 10.5. The van der Waals surface area contributed by atoms with E-state index in [0.29, 0.717) is 23.0 Å². The molecule has 0 fully saturated rings. The Balaban J connectivity index is 1.54. The van der Waals surface area contributed by atoms with E-state index in [9.17, 15) is 19.2 Å². The molecule has 0 saturated heterocycles. The van der Waals surface area contributed by atoms with Crippen molar-refractivity contribution in [3.8, 4) is 23.0 Å². The topological polar surface area (TPSA) is 105 Å². The number of carbonyl (C=O) groups is 4. The zero-order valence-corrected chi connectivity index (χ0v) is 34.8. The van der Waals surface area contributed by atoms with E-state index >= 15 is 0 Å². The van der Waals surface area contributed by atoms with E-state index in [1.807, 2.05) is 48.5 Å². The van der Waals surface area contributed by atoms with E-state index in [2.05, 4.69) is 50.6 Å². The maximum absolute atomic E-state index is 11.8. The van der Waals surface area contributed by atoms with Gasteiger partial charge in [0.25, 0.3) is 0 Å². The van der Waals surface area contributed by atoms with Crippen LogP contribution in [0.15, 0.2) is 172 Å². The number of rotatable bonds is 14. The van der Waals surface area contributed by atoms with Crippen LogP contribution in [0.25, 0.3) is 0 Å². The van der Waals surface area contributed by atoms with Crippen LogP contribution in [0, 0.1) is 0 Å². The van der Waals surface area contributed by atoms with Gasteiger partial charge in [-0.15, -0.1) is 0 Å². The van der Waals surface area contributed by atoms with Gasteiger partial charge in [0.05, 0.1) is 0 Å². The fraction of sp³-hybridized carbons (Fsp3) is 0. The van der Waals surface area contributed by atoms with Crippen molar-refractivity contribution in [1.29, 1.82) is 0 Å². The molecule has 0 spiro atoms. The first-order valence-corrected chi connectivity index (χ1v) is 26.1. The number of hydrogen-bond acceptors (Lipinski definition) is 8. The van der Waals surface area contributed by atoms with Crippen LogP contribution in [0.1, 0.15) is 0 Å². The first kappa shape index (κ1) is 37.9. The predicted octanol–water partition coefficient (Wildman–Crippen LogP) is 3.08. The van der Waals surface area contributed by atoms with Gasteiger partial charge in [-0.1, -0.05) is 0 Å². The van der Waals surface area contributed by atoms with Gasteiger partial charge < -0.3 is 0 Å². The third-order valence-electron chi connectivity index (χ3n) is 7.29. The molecule has 0 bridgehead atoms. The molecular formula is C42H32Bi2O8. The van der Waals surface area contributed by atoms with Crippen LogP contribution in [0.4, 0.5) is 0 Å². The Labute approximate surface area is 317 Å². The van der Waals surface area contributed by atoms with Gasteiger partial charge >= 0.3 is 320 Å². The fourth-order valence-corrected chi connectivity index (χ4v) is 22.3. The second-order valence-corrected chi connectivity index (χ2v) is 27.9. The van der Waals surface area contributed by atoms with Gasteiger partial charge in [0.1, 0.15) is 0 Å². The molecule has 5 aromatic carbocycles. The first-order valence-electron chi connectivity index (χ1n) is 15.7. The Kier molecular flexibility index (Phi) is 13.3. The molecule has 10 heteroatoms. The number of carbonyl (C=O) groups excluding carboxylic acids is 4.